The van der Waals surface area contributed by atoms with Crippen LogP contribution < -0.4 is 11.1 Å². The zero-order valence-electron chi connectivity index (χ0n) is 16.2. The number of nitrogens with two attached hydrogens (primary N) is 1. The minimum Gasteiger partial charge on any atom is -0.399 e. The summed E-state index contributed by atoms with van der Waals surface area (Å²) in [6.45, 7) is 3.57. The van der Waals surface area contributed by atoms with Gasteiger partial charge in [-0.25, -0.2) is 0 Å². The van der Waals surface area contributed by atoms with Crippen molar-refractivity contribution in [2.24, 2.45) is 0 Å². The summed E-state index contributed by atoms with van der Waals surface area (Å²) in [5.41, 5.74) is 8.72. The van der Waals surface area contributed by atoms with Crippen LogP contribution in [0.1, 0.15) is 23.6 Å². The minimum absolute atomic E-state index is 0. The molecule has 0 saturated carbocycles. The standard InChI is InChI=1S/C21H26ClN3O2.2ClH/c22-18-7-3-2-6-17(18)20(25-11-13-27-14-12-25)15-24-21(26)10-9-16-5-1-4-8-19(16)23;;/h1-8,20H,9-15,23H2,(H,24,26);2*1H. The van der Waals surface area contributed by atoms with E-state index in [1.165, 1.54) is 0 Å². The van der Waals surface area contributed by atoms with Gasteiger partial charge in [-0.2, -0.15) is 0 Å². The number of anilines is 1. The fourth-order valence-corrected chi connectivity index (χ4v) is 3.64. The van der Waals surface area contributed by atoms with Gasteiger partial charge in [0.25, 0.3) is 0 Å². The molecule has 0 bridgehead atoms. The van der Waals surface area contributed by atoms with Gasteiger partial charge in [0.05, 0.1) is 19.3 Å². The molecule has 1 heterocycles. The maximum absolute atomic E-state index is 12.4. The van der Waals surface area contributed by atoms with Crippen LogP contribution in [0, 0.1) is 0 Å². The Bertz CT molecular complexity index is 770. The van der Waals surface area contributed by atoms with Crippen LogP contribution in [0.25, 0.3) is 0 Å². The van der Waals surface area contributed by atoms with Crippen molar-refractivity contribution in [3.8, 4) is 0 Å². The fourth-order valence-electron chi connectivity index (χ4n) is 3.38. The van der Waals surface area contributed by atoms with Gasteiger partial charge in [-0.1, -0.05) is 48.0 Å². The highest BCUT2D eigenvalue weighted by atomic mass is 35.5. The summed E-state index contributed by atoms with van der Waals surface area (Å²) in [7, 11) is 0. The van der Waals surface area contributed by atoms with Crippen molar-refractivity contribution in [2.45, 2.75) is 18.9 Å². The molecule has 0 radical (unpaired) electrons. The number of nitrogens with one attached hydrogen (secondary N) is 1. The largest absolute Gasteiger partial charge is 0.399 e. The first kappa shape index (κ1) is 25.5. The molecule has 3 N–H and O–H groups in total. The molecule has 1 atom stereocenters. The van der Waals surface area contributed by atoms with Gasteiger partial charge >= 0.3 is 0 Å². The predicted molar refractivity (Wildman–Crippen MR) is 123 cm³/mol. The van der Waals surface area contributed by atoms with Gasteiger partial charge in [-0.3, -0.25) is 9.69 Å². The van der Waals surface area contributed by atoms with Crippen molar-refractivity contribution in [1.29, 1.82) is 0 Å². The van der Waals surface area contributed by atoms with Crippen molar-refractivity contribution in [2.75, 3.05) is 38.6 Å². The first-order chi connectivity index (χ1) is 13.1. The van der Waals surface area contributed by atoms with Gasteiger partial charge in [0.1, 0.15) is 0 Å². The Hall–Kier alpha value is -1.50. The highest BCUT2D eigenvalue weighted by Crippen LogP contribution is 2.27. The Balaban J connectivity index is 0.00000210. The Morgan fingerprint density at radius 3 is 2.45 bits per heavy atom. The second-order valence-corrected chi connectivity index (χ2v) is 7.10. The highest BCUT2D eigenvalue weighted by Gasteiger charge is 2.24. The summed E-state index contributed by atoms with van der Waals surface area (Å²) in [6.07, 6.45) is 1.04. The number of benzene rings is 2. The number of carbonyl (C=O) groups excluding carboxylic acids is 1. The molecule has 1 amide bonds. The predicted octanol–water partition coefficient (Wildman–Crippen LogP) is 3.89. The van der Waals surface area contributed by atoms with E-state index in [9.17, 15) is 4.79 Å². The molecule has 5 nitrogen and oxygen atoms in total. The molecule has 0 spiro atoms. The van der Waals surface area contributed by atoms with Crippen molar-refractivity contribution >= 4 is 48.0 Å². The quantitative estimate of drug-likeness (QED) is 0.615. The number of amides is 1. The number of rotatable bonds is 7. The summed E-state index contributed by atoms with van der Waals surface area (Å²) in [5.74, 6) is 0.0172. The molecular weight excluding hydrogens is 433 g/mol. The monoisotopic (exact) mass is 459 g/mol. The van der Waals surface area contributed by atoms with Crippen molar-refractivity contribution in [1.82, 2.24) is 10.2 Å². The molecule has 3 rings (SSSR count). The molecule has 160 valence electrons. The van der Waals surface area contributed by atoms with Gasteiger partial charge < -0.3 is 15.8 Å². The maximum Gasteiger partial charge on any atom is 0.220 e. The van der Waals surface area contributed by atoms with Crippen LogP contribution in [0.15, 0.2) is 48.5 Å². The van der Waals surface area contributed by atoms with E-state index in [-0.39, 0.29) is 36.8 Å². The van der Waals surface area contributed by atoms with Gasteiger partial charge in [-0.15, -0.1) is 24.8 Å². The number of nitrogens with zero attached hydrogens (tertiary/aromatic N) is 1. The summed E-state index contributed by atoms with van der Waals surface area (Å²) < 4.78 is 5.47. The zero-order chi connectivity index (χ0) is 19.1. The molecule has 1 unspecified atom stereocenters. The van der Waals surface area contributed by atoms with Crippen LogP contribution in [-0.4, -0.2) is 43.7 Å². The van der Waals surface area contributed by atoms with E-state index in [0.717, 1.165) is 34.9 Å². The molecule has 0 aliphatic carbocycles. The lowest BCUT2D eigenvalue weighted by Crippen LogP contribution is -2.44. The van der Waals surface area contributed by atoms with E-state index < -0.39 is 0 Å². The van der Waals surface area contributed by atoms with Crippen molar-refractivity contribution in [3.05, 3.63) is 64.7 Å². The third kappa shape index (κ3) is 7.36. The Labute approximate surface area is 189 Å². The molecule has 1 aliphatic rings. The van der Waals surface area contributed by atoms with E-state index in [1.54, 1.807) is 0 Å². The third-order valence-corrected chi connectivity index (χ3v) is 5.26. The van der Waals surface area contributed by atoms with E-state index >= 15 is 0 Å². The zero-order valence-corrected chi connectivity index (χ0v) is 18.6. The minimum atomic E-state index is 0. The molecule has 29 heavy (non-hydrogen) atoms. The SMILES string of the molecule is Cl.Cl.Nc1ccccc1CCC(=O)NCC(c1ccccc1Cl)N1CCOCC1. The number of nitrogen functional groups attached to an aromatic ring is 1. The summed E-state index contributed by atoms with van der Waals surface area (Å²) in [5, 5.41) is 3.80. The lowest BCUT2D eigenvalue weighted by molar-refractivity contribution is -0.121. The molecule has 2 aromatic rings. The van der Waals surface area contributed by atoms with Crippen LogP contribution in [0.4, 0.5) is 5.69 Å². The van der Waals surface area contributed by atoms with Crippen LogP contribution in [0.5, 0.6) is 0 Å². The highest BCUT2D eigenvalue weighted by molar-refractivity contribution is 6.31. The van der Waals surface area contributed by atoms with Crippen LogP contribution in [0.3, 0.4) is 0 Å². The number of hydrogen-bond donors (Lipinski definition) is 2. The number of hydrogen-bond acceptors (Lipinski definition) is 4. The van der Waals surface area contributed by atoms with Gasteiger partial charge in [0.2, 0.25) is 5.91 Å². The number of carbonyl (C=O) groups is 1. The molecule has 2 aromatic carbocycles. The normalized spacial score (nSPS) is 14.9. The molecule has 0 aromatic heterocycles. The average molecular weight is 461 g/mol. The van der Waals surface area contributed by atoms with Crippen LogP contribution in [-0.2, 0) is 16.0 Å². The topological polar surface area (TPSA) is 67.6 Å². The third-order valence-electron chi connectivity index (χ3n) is 4.92. The molecular formula is C21H28Cl3N3O2. The lowest BCUT2D eigenvalue weighted by Gasteiger charge is -2.35. The molecule has 1 fully saturated rings. The summed E-state index contributed by atoms with van der Waals surface area (Å²) in [6, 6.07) is 15.5. The molecule has 8 heteroatoms. The number of halogens is 3. The van der Waals surface area contributed by atoms with Crippen LogP contribution >= 0.6 is 36.4 Å². The number of aryl methyl sites for hydroxylation is 1. The molecule has 1 saturated heterocycles. The fraction of sp³-hybridized carbons (Fsp3) is 0.381. The summed E-state index contributed by atoms with van der Waals surface area (Å²) >= 11 is 6.43. The van der Waals surface area contributed by atoms with E-state index in [0.29, 0.717) is 32.6 Å². The Morgan fingerprint density at radius 2 is 1.76 bits per heavy atom. The Morgan fingerprint density at radius 1 is 1.10 bits per heavy atom. The van der Waals surface area contributed by atoms with E-state index in [1.807, 2.05) is 48.5 Å². The number of ether oxygens (including phenoxy) is 1. The number of para-hydroxylation sites is 1. The lowest BCUT2D eigenvalue weighted by atomic mass is 10.0. The van der Waals surface area contributed by atoms with Gasteiger partial charge in [0.15, 0.2) is 0 Å². The first-order valence-corrected chi connectivity index (χ1v) is 9.69. The van der Waals surface area contributed by atoms with Crippen molar-refractivity contribution < 1.29 is 9.53 Å². The average Bonchev–Trinajstić information content (AvgIpc) is 2.69. The second kappa shape index (κ2) is 12.9. The van der Waals surface area contributed by atoms with Crippen molar-refractivity contribution in [3.63, 3.8) is 0 Å². The second-order valence-electron chi connectivity index (χ2n) is 6.69. The first-order valence-electron chi connectivity index (χ1n) is 9.31. The van der Waals surface area contributed by atoms with Gasteiger partial charge in [-0.05, 0) is 29.7 Å². The van der Waals surface area contributed by atoms with Crippen LogP contribution in [0.2, 0.25) is 5.02 Å². The Kier molecular flexibility index (Phi) is 11.4. The van der Waals surface area contributed by atoms with Gasteiger partial charge in [0, 0.05) is 36.8 Å². The van der Waals surface area contributed by atoms with E-state index in [4.69, 9.17) is 22.1 Å². The summed E-state index contributed by atoms with van der Waals surface area (Å²) in [4.78, 5) is 14.7. The van der Waals surface area contributed by atoms with E-state index in [2.05, 4.69) is 10.2 Å². The number of morpholine rings is 1. The molecule has 1 aliphatic heterocycles. The smallest absolute Gasteiger partial charge is 0.220 e. The maximum atomic E-state index is 12.4.